The lowest BCUT2D eigenvalue weighted by Gasteiger charge is -2.27. The second-order valence-corrected chi connectivity index (χ2v) is 8.97. The standard InChI is InChI=1S/C24H24ClN3O3S/c1-3-12-31-17-10-8-15(9-11-17)18-13-20(29)26-22-21(18)23(30)27-24(28(22)2)32-14-16-6-4-5-7-19(16)25/h4-11,18H,3,12-14H2,1-2H3,(H,26,29)/t18-/m0/s1. The average molecular weight is 470 g/mol. The van der Waals surface area contributed by atoms with Crippen LogP contribution in [0.5, 0.6) is 5.75 Å². The predicted molar refractivity (Wildman–Crippen MR) is 128 cm³/mol. The number of nitrogens with one attached hydrogen (secondary N) is 1. The summed E-state index contributed by atoms with van der Waals surface area (Å²) in [5.41, 5.74) is 2.03. The fraction of sp³-hybridized carbons (Fsp3) is 0.292. The van der Waals surface area contributed by atoms with Gasteiger partial charge in [-0.15, -0.1) is 0 Å². The molecule has 0 radical (unpaired) electrons. The van der Waals surface area contributed by atoms with E-state index in [-0.39, 0.29) is 23.8 Å². The molecule has 1 atom stereocenters. The highest BCUT2D eigenvalue weighted by atomic mass is 35.5. The molecule has 8 heteroatoms. The van der Waals surface area contributed by atoms with E-state index in [2.05, 4.69) is 17.2 Å². The highest BCUT2D eigenvalue weighted by Crippen LogP contribution is 2.37. The molecule has 0 saturated heterocycles. The molecule has 1 aliphatic rings. The first-order chi connectivity index (χ1) is 15.5. The third-order valence-corrected chi connectivity index (χ3v) is 6.82. The van der Waals surface area contributed by atoms with Gasteiger partial charge in [-0.05, 0) is 35.7 Å². The molecule has 1 aromatic heterocycles. The van der Waals surface area contributed by atoms with Gasteiger partial charge in [0.15, 0.2) is 5.16 Å². The molecule has 0 spiro atoms. The van der Waals surface area contributed by atoms with Crippen molar-refractivity contribution in [1.82, 2.24) is 9.55 Å². The highest BCUT2D eigenvalue weighted by molar-refractivity contribution is 7.98. The molecule has 4 rings (SSSR count). The van der Waals surface area contributed by atoms with Gasteiger partial charge < -0.3 is 14.6 Å². The summed E-state index contributed by atoms with van der Waals surface area (Å²) in [6.45, 7) is 2.70. The fourth-order valence-electron chi connectivity index (χ4n) is 3.72. The normalized spacial score (nSPS) is 15.2. The zero-order chi connectivity index (χ0) is 22.7. The maximum absolute atomic E-state index is 13.1. The number of fused-ring (bicyclic) bond motifs is 1. The number of carbonyl (C=O) groups excluding carboxylic acids is 1. The number of ether oxygens (including phenoxy) is 1. The molecule has 166 valence electrons. The molecule has 3 aromatic rings. The Hall–Kier alpha value is -2.77. The van der Waals surface area contributed by atoms with Crippen molar-refractivity contribution >= 4 is 35.1 Å². The van der Waals surface area contributed by atoms with Crippen LogP contribution in [0.15, 0.2) is 58.5 Å². The number of hydrogen-bond donors (Lipinski definition) is 1. The third-order valence-electron chi connectivity index (χ3n) is 5.37. The van der Waals surface area contributed by atoms with Crippen LogP contribution in [-0.2, 0) is 17.6 Å². The minimum absolute atomic E-state index is 0.128. The van der Waals surface area contributed by atoms with Gasteiger partial charge in [0.1, 0.15) is 11.6 Å². The molecule has 1 N–H and O–H groups in total. The summed E-state index contributed by atoms with van der Waals surface area (Å²) in [7, 11) is 1.81. The Morgan fingerprint density at radius 1 is 1.19 bits per heavy atom. The number of amides is 1. The van der Waals surface area contributed by atoms with Crippen LogP contribution in [0.2, 0.25) is 5.02 Å². The van der Waals surface area contributed by atoms with Crippen molar-refractivity contribution in [3.8, 4) is 5.75 Å². The summed E-state index contributed by atoms with van der Waals surface area (Å²) in [4.78, 5) is 29.9. The van der Waals surface area contributed by atoms with Gasteiger partial charge in [-0.25, -0.2) is 0 Å². The van der Waals surface area contributed by atoms with Gasteiger partial charge in [0.2, 0.25) is 5.91 Å². The van der Waals surface area contributed by atoms with E-state index in [1.54, 1.807) is 4.57 Å². The number of rotatable bonds is 7. The lowest BCUT2D eigenvalue weighted by molar-refractivity contribution is -0.116. The highest BCUT2D eigenvalue weighted by Gasteiger charge is 2.32. The lowest BCUT2D eigenvalue weighted by Crippen LogP contribution is -2.33. The largest absolute Gasteiger partial charge is 0.494 e. The van der Waals surface area contributed by atoms with Crippen LogP contribution in [0, 0.1) is 0 Å². The molecule has 0 aliphatic carbocycles. The van der Waals surface area contributed by atoms with Crippen LogP contribution in [0.25, 0.3) is 0 Å². The van der Waals surface area contributed by atoms with Gasteiger partial charge in [0, 0.05) is 30.2 Å². The van der Waals surface area contributed by atoms with Gasteiger partial charge in [-0.2, -0.15) is 4.98 Å². The van der Waals surface area contributed by atoms with Gasteiger partial charge in [-0.3, -0.25) is 9.59 Å². The molecule has 6 nitrogen and oxygen atoms in total. The number of nitrogens with zero attached hydrogens (tertiary/aromatic N) is 2. The molecule has 2 aromatic carbocycles. The third kappa shape index (κ3) is 4.69. The summed E-state index contributed by atoms with van der Waals surface area (Å²) in [5.74, 6) is 1.35. The fourth-order valence-corrected chi connectivity index (χ4v) is 4.97. The van der Waals surface area contributed by atoms with Gasteiger partial charge in [0.25, 0.3) is 5.56 Å². The van der Waals surface area contributed by atoms with E-state index in [1.807, 2.05) is 55.6 Å². The Kier molecular flexibility index (Phi) is 6.86. The Balaban J connectivity index is 1.65. The molecule has 1 aliphatic heterocycles. The number of aromatic nitrogens is 2. The van der Waals surface area contributed by atoms with Crippen molar-refractivity contribution in [2.24, 2.45) is 7.05 Å². The number of anilines is 1. The Bertz CT molecular complexity index is 1190. The summed E-state index contributed by atoms with van der Waals surface area (Å²) < 4.78 is 7.43. The van der Waals surface area contributed by atoms with Crippen LogP contribution in [0.4, 0.5) is 5.82 Å². The number of hydrogen-bond acceptors (Lipinski definition) is 5. The van der Waals surface area contributed by atoms with E-state index in [0.29, 0.717) is 33.9 Å². The summed E-state index contributed by atoms with van der Waals surface area (Å²) in [5, 5.41) is 4.07. The molecule has 0 unspecified atom stereocenters. The Morgan fingerprint density at radius 2 is 1.94 bits per heavy atom. The van der Waals surface area contributed by atoms with E-state index in [9.17, 15) is 9.59 Å². The minimum Gasteiger partial charge on any atom is -0.494 e. The molecular weight excluding hydrogens is 446 g/mol. The van der Waals surface area contributed by atoms with Gasteiger partial charge in [-0.1, -0.05) is 60.6 Å². The zero-order valence-corrected chi connectivity index (χ0v) is 19.5. The zero-order valence-electron chi connectivity index (χ0n) is 17.9. The molecule has 0 saturated carbocycles. The van der Waals surface area contributed by atoms with Crippen LogP contribution < -0.4 is 15.6 Å². The SMILES string of the molecule is CCCOc1ccc([C@@H]2CC(=O)Nc3c2c(=O)nc(SCc2ccccc2Cl)n3C)cc1. The molecule has 0 fully saturated rings. The molecule has 0 bridgehead atoms. The summed E-state index contributed by atoms with van der Waals surface area (Å²) >= 11 is 7.66. The maximum Gasteiger partial charge on any atom is 0.279 e. The van der Waals surface area contributed by atoms with Crippen molar-refractivity contribution in [2.45, 2.75) is 36.6 Å². The number of thioether (sulfide) groups is 1. The monoisotopic (exact) mass is 469 g/mol. The van der Waals surface area contributed by atoms with Crippen molar-refractivity contribution in [3.05, 3.63) is 80.6 Å². The first-order valence-corrected chi connectivity index (χ1v) is 11.8. The lowest BCUT2D eigenvalue weighted by atomic mass is 9.87. The maximum atomic E-state index is 13.1. The molecular formula is C24H24ClN3O3S. The van der Waals surface area contributed by atoms with E-state index in [0.717, 1.165) is 23.3 Å². The first kappa shape index (κ1) is 22.4. The van der Waals surface area contributed by atoms with Crippen molar-refractivity contribution < 1.29 is 9.53 Å². The van der Waals surface area contributed by atoms with E-state index < -0.39 is 0 Å². The quantitative estimate of drug-likeness (QED) is 0.390. The average Bonchev–Trinajstić information content (AvgIpc) is 2.79. The Labute approximate surface area is 196 Å². The molecule has 32 heavy (non-hydrogen) atoms. The minimum atomic E-state index is -0.354. The summed E-state index contributed by atoms with van der Waals surface area (Å²) in [6.07, 6.45) is 1.13. The van der Waals surface area contributed by atoms with E-state index in [4.69, 9.17) is 16.3 Å². The van der Waals surface area contributed by atoms with Crippen LogP contribution in [-0.4, -0.2) is 22.1 Å². The summed E-state index contributed by atoms with van der Waals surface area (Å²) in [6, 6.07) is 15.2. The van der Waals surface area contributed by atoms with Crippen LogP contribution in [0.1, 0.15) is 42.4 Å². The topological polar surface area (TPSA) is 73.2 Å². The number of halogens is 1. The van der Waals surface area contributed by atoms with E-state index in [1.165, 1.54) is 11.8 Å². The number of benzene rings is 2. The second-order valence-electron chi connectivity index (χ2n) is 7.62. The number of carbonyl (C=O) groups is 1. The molecule has 2 heterocycles. The van der Waals surface area contributed by atoms with Crippen LogP contribution in [0.3, 0.4) is 0 Å². The van der Waals surface area contributed by atoms with Crippen molar-refractivity contribution in [1.29, 1.82) is 0 Å². The first-order valence-electron chi connectivity index (χ1n) is 10.5. The molecule has 1 amide bonds. The predicted octanol–water partition coefficient (Wildman–Crippen LogP) is 4.99. The second kappa shape index (κ2) is 9.79. The van der Waals surface area contributed by atoms with Gasteiger partial charge in [0.05, 0.1) is 12.2 Å². The Morgan fingerprint density at radius 3 is 2.66 bits per heavy atom. The van der Waals surface area contributed by atoms with Crippen molar-refractivity contribution in [2.75, 3.05) is 11.9 Å². The van der Waals surface area contributed by atoms with Gasteiger partial charge >= 0.3 is 0 Å². The van der Waals surface area contributed by atoms with Crippen molar-refractivity contribution in [3.63, 3.8) is 0 Å². The van der Waals surface area contributed by atoms with Crippen LogP contribution >= 0.6 is 23.4 Å². The van der Waals surface area contributed by atoms with E-state index >= 15 is 0 Å². The smallest absolute Gasteiger partial charge is 0.279 e.